The Hall–Kier alpha value is -1.26. The fourth-order valence-electron chi connectivity index (χ4n) is 1.17. The summed E-state index contributed by atoms with van der Waals surface area (Å²) in [7, 11) is 0. The van der Waals surface area contributed by atoms with E-state index in [0.717, 1.165) is 0 Å². The quantitative estimate of drug-likeness (QED) is 0.534. The highest BCUT2D eigenvalue weighted by Gasteiger charge is 2.08. The van der Waals surface area contributed by atoms with Crippen LogP contribution < -0.4 is 10.00 Å². The van der Waals surface area contributed by atoms with Gasteiger partial charge in [0.1, 0.15) is 0 Å². The molecule has 0 bridgehead atoms. The van der Waals surface area contributed by atoms with E-state index in [-0.39, 0.29) is 5.43 Å². The largest absolute Gasteiger partial charge is 0.421 e. The van der Waals surface area contributed by atoms with Gasteiger partial charge in [0.05, 0.1) is 0 Å². The summed E-state index contributed by atoms with van der Waals surface area (Å²) in [4.78, 5) is 11.6. The SMILES string of the molecule is O=c1ccsc([S-])c1-[n+]1ccccc1. The van der Waals surface area contributed by atoms with Crippen LogP contribution in [0, 0.1) is 0 Å². The zero-order valence-electron chi connectivity index (χ0n) is 7.21. The molecule has 0 amide bonds. The summed E-state index contributed by atoms with van der Waals surface area (Å²) in [6.45, 7) is 0. The third-order valence-corrected chi connectivity index (χ3v) is 2.96. The van der Waals surface area contributed by atoms with Crippen LogP contribution in [0.2, 0.25) is 0 Å². The van der Waals surface area contributed by atoms with E-state index in [1.807, 2.05) is 30.6 Å². The van der Waals surface area contributed by atoms with Crippen LogP contribution in [0.1, 0.15) is 0 Å². The molecule has 0 atom stereocenters. The van der Waals surface area contributed by atoms with Gasteiger partial charge in [0.2, 0.25) is 11.1 Å². The van der Waals surface area contributed by atoms with Crippen LogP contribution in [0.4, 0.5) is 0 Å². The topological polar surface area (TPSA) is 20.9 Å². The summed E-state index contributed by atoms with van der Waals surface area (Å²) >= 11 is 6.52. The van der Waals surface area contributed by atoms with E-state index in [0.29, 0.717) is 9.90 Å². The third kappa shape index (κ3) is 1.66. The number of aromatic nitrogens is 1. The smallest absolute Gasteiger partial charge is 0.248 e. The molecule has 0 fully saturated rings. The monoisotopic (exact) mass is 221 g/mol. The van der Waals surface area contributed by atoms with Gasteiger partial charge in [-0.15, -0.1) is 5.38 Å². The highest BCUT2D eigenvalue weighted by atomic mass is 32.2. The molecule has 0 aliphatic rings. The minimum absolute atomic E-state index is 0.0371. The van der Waals surface area contributed by atoms with Crippen molar-refractivity contribution in [2.45, 2.75) is 4.21 Å². The number of nitrogens with zero attached hydrogens (tertiary/aromatic N) is 1. The average Bonchev–Trinajstić information content (AvgIpc) is 2.19. The van der Waals surface area contributed by atoms with Crippen molar-refractivity contribution in [1.29, 1.82) is 0 Å². The van der Waals surface area contributed by atoms with Crippen LogP contribution in [0.25, 0.3) is 5.69 Å². The van der Waals surface area contributed by atoms with E-state index in [1.165, 1.54) is 17.4 Å². The lowest BCUT2D eigenvalue weighted by Gasteiger charge is -2.03. The molecule has 2 aromatic rings. The van der Waals surface area contributed by atoms with Gasteiger partial charge in [0.15, 0.2) is 12.4 Å². The Morgan fingerprint density at radius 2 is 1.93 bits per heavy atom. The Labute approximate surface area is 90.9 Å². The van der Waals surface area contributed by atoms with Gasteiger partial charge in [-0.2, -0.15) is 4.57 Å². The maximum Gasteiger partial charge on any atom is 0.248 e. The van der Waals surface area contributed by atoms with Gasteiger partial charge in [-0.3, -0.25) is 4.79 Å². The summed E-state index contributed by atoms with van der Waals surface area (Å²) in [6.07, 6.45) is 3.64. The van der Waals surface area contributed by atoms with Crippen LogP contribution >= 0.6 is 11.3 Å². The third-order valence-electron chi connectivity index (χ3n) is 1.79. The molecule has 70 valence electrons. The fourth-order valence-corrected chi connectivity index (χ4v) is 2.18. The molecule has 0 saturated heterocycles. The first kappa shape index (κ1) is 9.30. The van der Waals surface area contributed by atoms with Crippen LogP contribution in [-0.2, 0) is 12.6 Å². The fraction of sp³-hybridized carbons (Fsp3) is 0. The van der Waals surface area contributed by atoms with Crippen molar-refractivity contribution in [3.63, 3.8) is 0 Å². The van der Waals surface area contributed by atoms with Crippen molar-refractivity contribution in [2.24, 2.45) is 0 Å². The Kier molecular flexibility index (Phi) is 2.56. The summed E-state index contributed by atoms with van der Waals surface area (Å²) in [5.41, 5.74) is 0.526. The van der Waals surface area contributed by atoms with E-state index in [9.17, 15) is 4.79 Å². The first-order valence-corrected chi connectivity index (χ1v) is 5.33. The second kappa shape index (κ2) is 3.86. The van der Waals surface area contributed by atoms with Gasteiger partial charge in [-0.1, -0.05) is 6.07 Å². The van der Waals surface area contributed by atoms with Crippen LogP contribution in [0.3, 0.4) is 0 Å². The zero-order valence-corrected chi connectivity index (χ0v) is 8.85. The Balaban J connectivity index is 2.69. The zero-order chi connectivity index (χ0) is 9.97. The van der Waals surface area contributed by atoms with Crippen molar-refractivity contribution < 1.29 is 4.57 Å². The van der Waals surface area contributed by atoms with Gasteiger partial charge in [0, 0.05) is 12.1 Å². The lowest BCUT2D eigenvalue weighted by Crippen LogP contribution is -2.35. The van der Waals surface area contributed by atoms with Crippen LogP contribution in [0.15, 0.2) is 51.0 Å². The van der Waals surface area contributed by atoms with Gasteiger partial charge < -0.3 is 24.0 Å². The number of hydrogen-bond acceptors (Lipinski definition) is 3. The highest BCUT2D eigenvalue weighted by Crippen LogP contribution is 2.08. The van der Waals surface area contributed by atoms with Crippen molar-refractivity contribution in [3.05, 3.63) is 52.3 Å². The molecule has 0 unspecified atom stereocenters. The summed E-state index contributed by atoms with van der Waals surface area (Å²) in [5, 5.41) is 1.72. The standard InChI is InChI=1S/C10H7NOS2/c12-8-4-7-14-10(13)9(8)11-5-2-1-3-6-11/h1-7H. The molecule has 0 N–H and O–H groups in total. The predicted octanol–water partition coefficient (Wildman–Crippen LogP) is 1.29. The van der Waals surface area contributed by atoms with Crippen molar-refractivity contribution in [2.75, 3.05) is 0 Å². The molecule has 2 rings (SSSR count). The molecule has 0 radical (unpaired) electrons. The van der Waals surface area contributed by atoms with Gasteiger partial charge in [0.25, 0.3) is 0 Å². The van der Waals surface area contributed by atoms with E-state index in [4.69, 9.17) is 12.6 Å². The molecule has 0 aliphatic heterocycles. The average molecular weight is 221 g/mol. The lowest BCUT2D eigenvalue weighted by atomic mass is 10.4. The second-order valence-electron chi connectivity index (χ2n) is 2.70. The molecular weight excluding hydrogens is 214 g/mol. The predicted molar refractivity (Wildman–Crippen MR) is 57.8 cm³/mol. The molecular formula is C10H7NOS2. The highest BCUT2D eigenvalue weighted by molar-refractivity contribution is 7.62. The maximum absolute atomic E-state index is 11.6. The number of rotatable bonds is 1. The molecule has 2 aromatic heterocycles. The normalized spacial score (nSPS) is 10.0. The van der Waals surface area contributed by atoms with E-state index >= 15 is 0 Å². The van der Waals surface area contributed by atoms with E-state index in [1.54, 1.807) is 9.95 Å². The summed E-state index contributed by atoms with van der Waals surface area (Å²) in [6, 6.07) is 7.17. The van der Waals surface area contributed by atoms with Crippen molar-refractivity contribution in [1.82, 2.24) is 0 Å². The minimum atomic E-state index is -0.0371. The Bertz CT molecular complexity index is 493. The van der Waals surface area contributed by atoms with Gasteiger partial charge in [-0.05, 0) is 10.3 Å². The molecule has 0 spiro atoms. The Morgan fingerprint density at radius 3 is 2.57 bits per heavy atom. The first-order chi connectivity index (χ1) is 6.79. The minimum Gasteiger partial charge on any atom is -0.421 e. The molecule has 2 heterocycles. The van der Waals surface area contributed by atoms with E-state index < -0.39 is 0 Å². The van der Waals surface area contributed by atoms with Crippen molar-refractivity contribution >= 4 is 24.0 Å². The number of pyridine rings is 1. The molecule has 0 aromatic carbocycles. The molecule has 4 heteroatoms. The second-order valence-corrected chi connectivity index (χ2v) is 4.29. The van der Waals surface area contributed by atoms with Crippen LogP contribution in [0.5, 0.6) is 0 Å². The molecule has 2 nitrogen and oxygen atoms in total. The Morgan fingerprint density at radius 1 is 1.21 bits per heavy atom. The molecule has 14 heavy (non-hydrogen) atoms. The number of hydrogen-bond donors (Lipinski definition) is 0. The summed E-state index contributed by atoms with van der Waals surface area (Å²) in [5.74, 6) is 0. The maximum atomic E-state index is 11.6. The van der Waals surface area contributed by atoms with Crippen molar-refractivity contribution in [3.8, 4) is 5.69 Å². The van der Waals surface area contributed by atoms with Gasteiger partial charge in [-0.25, -0.2) is 0 Å². The molecule has 0 saturated carbocycles. The van der Waals surface area contributed by atoms with Gasteiger partial charge >= 0.3 is 0 Å². The van der Waals surface area contributed by atoms with Crippen LogP contribution in [-0.4, -0.2) is 0 Å². The first-order valence-electron chi connectivity index (χ1n) is 4.04. The lowest BCUT2D eigenvalue weighted by molar-refractivity contribution is -0.598. The summed E-state index contributed by atoms with van der Waals surface area (Å²) < 4.78 is 2.37. The van der Waals surface area contributed by atoms with E-state index in [2.05, 4.69) is 0 Å². The molecule has 0 aliphatic carbocycles.